The van der Waals surface area contributed by atoms with Crippen LogP contribution in [-0.2, 0) is 0 Å². The van der Waals surface area contributed by atoms with Gasteiger partial charge in [-0.1, -0.05) is 140 Å². The van der Waals surface area contributed by atoms with E-state index >= 15 is 0 Å². The lowest BCUT2D eigenvalue weighted by atomic mass is 9.98. The lowest BCUT2D eigenvalue weighted by Crippen LogP contribution is -2.03. The Morgan fingerprint density at radius 3 is 1.82 bits per heavy atom. The molecule has 13 aromatic rings. The number of aromatic nitrogens is 4. The normalized spacial score (nSPS) is 12.3. The fourth-order valence-corrected chi connectivity index (χ4v) is 9.57. The molecule has 0 aliphatic heterocycles. The summed E-state index contributed by atoms with van der Waals surface area (Å²) in [6.45, 7) is 0. The van der Waals surface area contributed by atoms with E-state index in [1.807, 2.05) is 0 Å². The molecule has 0 saturated carbocycles. The molecule has 0 aliphatic rings. The maximum absolute atomic E-state index is 5.54. The van der Waals surface area contributed by atoms with E-state index in [4.69, 9.17) is 9.97 Å². The van der Waals surface area contributed by atoms with Gasteiger partial charge in [0.05, 0.1) is 38.8 Å². The summed E-state index contributed by atoms with van der Waals surface area (Å²) in [6, 6.07) is 65.8. The molecule has 0 saturated heterocycles. The Kier molecular flexibility index (Phi) is 5.86. The third-order valence-corrected chi connectivity index (χ3v) is 12.0. The van der Waals surface area contributed by atoms with Crippen LogP contribution in [0, 0.1) is 0 Å². The fraction of sp³-hybridized carbons (Fsp3) is 0. The quantitative estimate of drug-likeness (QED) is 0.171. The van der Waals surface area contributed by atoms with Gasteiger partial charge >= 0.3 is 0 Å². The lowest BCUT2D eigenvalue weighted by Gasteiger charge is -2.13. The Hall–Kier alpha value is -7.56. The minimum atomic E-state index is 0.662. The molecule has 4 heterocycles. The lowest BCUT2D eigenvalue weighted by molar-refractivity contribution is 1.01. The van der Waals surface area contributed by atoms with E-state index in [2.05, 4.69) is 191 Å². The van der Waals surface area contributed by atoms with E-state index in [1.54, 1.807) is 0 Å². The Labute approximate surface area is 320 Å². The van der Waals surface area contributed by atoms with Gasteiger partial charge in [0.1, 0.15) is 0 Å². The Bertz CT molecular complexity index is 3760. The second-order valence-electron chi connectivity index (χ2n) is 15.0. The minimum absolute atomic E-state index is 0.662. The van der Waals surface area contributed by atoms with Gasteiger partial charge in [-0.05, 0) is 75.1 Å². The van der Waals surface area contributed by atoms with Crippen LogP contribution in [-0.4, -0.2) is 18.9 Å². The zero-order valence-electron chi connectivity index (χ0n) is 30.1. The number of fused-ring (bicyclic) bond motifs is 14. The summed E-state index contributed by atoms with van der Waals surface area (Å²) < 4.78 is 4.78. The summed E-state index contributed by atoms with van der Waals surface area (Å²) in [5.74, 6) is 0.662. The Balaban J connectivity index is 1.16. The molecule has 0 spiro atoms. The van der Waals surface area contributed by atoms with Crippen molar-refractivity contribution in [1.82, 2.24) is 18.9 Å². The zero-order chi connectivity index (χ0) is 36.5. The minimum Gasteiger partial charge on any atom is -0.308 e. The van der Waals surface area contributed by atoms with Crippen molar-refractivity contribution in [3.63, 3.8) is 0 Å². The van der Waals surface area contributed by atoms with Crippen LogP contribution in [0.2, 0.25) is 0 Å². The average Bonchev–Trinajstić information content (AvgIpc) is 3.90. The van der Waals surface area contributed by atoms with E-state index in [0.29, 0.717) is 5.95 Å². The highest BCUT2D eigenvalue weighted by atomic mass is 15.2. The predicted octanol–water partition coefficient (Wildman–Crippen LogP) is 13.5. The highest BCUT2D eigenvalue weighted by Crippen LogP contribution is 2.47. The van der Waals surface area contributed by atoms with E-state index in [0.717, 1.165) is 33.2 Å². The summed E-state index contributed by atoms with van der Waals surface area (Å²) in [7, 11) is 0. The van der Waals surface area contributed by atoms with Gasteiger partial charge in [0.2, 0.25) is 5.95 Å². The van der Waals surface area contributed by atoms with Crippen molar-refractivity contribution < 1.29 is 0 Å². The van der Waals surface area contributed by atoms with Crippen molar-refractivity contribution in [2.75, 3.05) is 0 Å². The Morgan fingerprint density at radius 2 is 0.964 bits per heavy atom. The van der Waals surface area contributed by atoms with Gasteiger partial charge in [-0.3, -0.25) is 4.57 Å². The maximum atomic E-state index is 5.54. The van der Waals surface area contributed by atoms with Gasteiger partial charge in [-0.2, -0.15) is 0 Å². The first kappa shape index (κ1) is 29.8. The summed E-state index contributed by atoms with van der Waals surface area (Å²) >= 11 is 0. The van der Waals surface area contributed by atoms with Gasteiger partial charge < -0.3 is 4.40 Å². The molecule has 56 heavy (non-hydrogen) atoms. The van der Waals surface area contributed by atoms with Crippen LogP contribution in [0.25, 0.3) is 121 Å². The molecule has 13 rings (SSSR count). The number of benzene rings is 9. The van der Waals surface area contributed by atoms with E-state index < -0.39 is 0 Å². The SMILES string of the molecule is c1ccc(-c2ccc3c(c2)c2cc4c(c5ccccc5n4-c4nc(-c5ccc6ccc7ccccc7c6c5)c5ccccc5n4)c4c5ccccc5n3c24)cc1. The summed E-state index contributed by atoms with van der Waals surface area (Å²) in [4.78, 5) is 10.9. The number of para-hydroxylation sites is 3. The van der Waals surface area contributed by atoms with Crippen molar-refractivity contribution >= 4 is 92.3 Å². The van der Waals surface area contributed by atoms with Crippen LogP contribution < -0.4 is 0 Å². The second-order valence-corrected chi connectivity index (χ2v) is 15.0. The van der Waals surface area contributed by atoms with Crippen LogP contribution >= 0.6 is 0 Å². The maximum Gasteiger partial charge on any atom is 0.235 e. The molecule has 0 N–H and O–H groups in total. The molecule has 0 unspecified atom stereocenters. The van der Waals surface area contributed by atoms with Gasteiger partial charge in [-0.25, -0.2) is 9.97 Å². The van der Waals surface area contributed by atoms with Crippen molar-refractivity contribution in [2.24, 2.45) is 0 Å². The van der Waals surface area contributed by atoms with Gasteiger partial charge in [0.15, 0.2) is 0 Å². The van der Waals surface area contributed by atoms with Gasteiger partial charge in [0.25, 0.3) is 0 Å². The van der Waals surface area contributed by atoms with E-state index in [1.165, 1.54) is 81.5 Å². The number of hydrogen-bond acceptors (Lipinski definition) is 2. The highest BCUT2D eigenvalue weighted by molar-refractivity contribution is 6.35. The number of nitrogens with zero attached hydrogens (tertiary/aromatic N) is 4. The molecule has 0 bridgehead atoms. The fourth-order valence-electron chi connectivity index (χ4n) is 9.57. The second kappa shape index (κ2) is 11.0. The van der Waals surface area contributed by atoms with Crippen molar-refractivity contribution in [2.45, 2.75) is 0 Å². The van der Waals surface area contributed by atoms with Crippen LogP contribution in [0.5, 0.6) is 0 Å². The molecule has 4 aromatic heterocycles. The molecule has 0 fully saturated rings. The van der Waals surface area contributed by atoms with Crippen LogP contribution in [0.3, 0.4) is 0 Å². The highest BCUT2D eigenvalue weighted by Gasteiger charge is 2.25. The molecule has 0 atom stereocenters. The molecule has 9 aromatic carbocycles. The molecule has 258 valence electrons. The summed E-state index contributed by atoms with van der Waals surface area (Å²) in [5, 5.41) is 13.3. The third kappa shape index (κ3) is 3.97. The van der Waals surface area contributed by atoms with Crippen molar-refractivity contribution in [3.05, 3.63) is 182 Å². The van der Waals surface area contributed by atoms with E-state index in [-0.39, 0.29) is 0 Å². The molecular weight excluding hydrogens is 681 g/mol. The van der Waals surface area contributed by atoms with Gasteiger partial charge in [0, 0.05) is 43.3 Å². The number of rotatable bonds is 3. The zero-order valence-corrected chi connectivity index (χ0v) is 30.1. The monoisotopic (exact) mass is 710 g/mol. The van der Waals surface area contributed by atoms with Crippen LogP contribution in [0.1, 0.15) is 0 Å². The number of hydrogen-bond donors (Lipinski definition) is 0. The van der Waals surface area contributed by atoms with E-state index in [9.17, 15) is 0 Å². The topological polar surface area (TPSA) is 35.1 Å². The molecule has 0 amide bonds. The van der Waals surface area contributed by atoms with Gasteiger partial charge in [-0.15, -0.1) is 0 Å². The standard InChI is InChI=1S/C52H30N4/c1-2-12-31(13-3-1)34-26-27-46-41(28-34)42-30-47-48(49-39-18-8-10-20-44(39)55(46)51(42)49)38-17-7-11-21-45(38)56(47)52-53-43-19-9-6-16-37(43)50(54-52)35-25-24-33-23-22-32-14-4-5-15-36(32)40(33)29-35/h1-30H. The molecule has 4 heteroatoms. The summed E-state index contributed by atoms with van der Waals surface area (Å²) in [6.07, 6.45) is 0. The average molecular weight is 711 g/mol. The summed E-state index contributed by atoms with van der Waals surface area (Å²) in [5.41, 5.74) is 11.2. The smallest absolute Gasteiger partial charge is 0.235 e. The first-order chi connectivity index (χ1) is 27.8. The predicted molar refractivity (Wildman–Crippen MR) is 234 cm³/mol. The molecule has 4 nitrogen and oxygen atoms in total. The van der Waals surface area contributed by atoms with Crippen molar-refractivity contribution in [1.29, 1.82) is 0 Å². The molecule has 0 radical (unpaired) electrons. The van der Waals surface area contributed by atoms with Crippen molar-refractivity contribution in [3.8, 4) is 28.3 Å². The largest absolute Gasteiger partial charge is 0.308 e. The molecule has 0 aliphatic carbocycles. The molecular formula is C52H30N4. The first-order valence-electron chi connectivity index (χ1n) is 19.2. The van der Waals surface area contributed by atoms with Crippen LogP contribution in [0.15, 0.2) is 182 Å². The first-order valence-corrected chi connectivity index (χ1v) is 19.2. The van der Waals surface area contributed by atoms with Crippen LogP contribution in [0.4, 0.5) is 0 Å². The Morgan fingerprint density at radius 1 is 0.339 bits per heavy atom. The third-order valence-electron chi connectivity index (χ3n) is 12.0.